The number of ether oxygens (including phenoxy) is 2. The molecule has 3 rings (SSSR count). The molecule has 0 radical (unpaired) electrons. The Morgan fingerprint density at radius 2 is 1.84 bits per heavy atom. The van der Waals surface area contributed by atoms with Crippen LogP contribution in [0.2, 0.25) is 0 Å². The molecule has 0 bridgehead atoms. The SMILES string of the molecule is CS(=O)(=O)N(CC(=O)Nc1ccc2c(c1)OCO2)c1ccc(I)cc1. The third-order valence-electron chi connectivity index (χ3n) is 3.46. The molecule has 9 heteroatoms. The Morgan fingerprint density at radius 3 is 2.52 bits per heavy atom. The molecule has 0 fully saturated rings. The average Bonchev–Trinajstić information content (AvgIpc) is 3.00. The van der Waals surface area contributed by atoms with Crippen molar-refractivity contribution in [3.8, 4) is 11.5 Å². The molecule has 0 atom stereocenters. The van der Waals surface area contributed by atoms with Gasteiger partial charge in [-0.2, -0.15) is 0 Å². The molecule has 1 N–H and O–H groups in total. The minimum absolute atomic E-state index is 0.140. The fourth-order valence-electron chi connectivity index (χ4n) is 2.31. The molecule has 1 aliphatic heterocycles. The molecule has 1 aliphatic rings. The van der Waals surface area contributed by atoms with E-state index in [4.69, 9.17) is 9.47 Å². The highest BCUT2D eigenvalue weighted by Gasteiger charge is 2.21. The van der Waals surface area contributed by atoms with Crippen LogP contribution < -0.4 is 19.1 Å². The molecule has 0 aliphatic carbocycles. The number of sulfonamides is 1. The highest BCUT2D eigenvalue weighted by atomic mass is 127. The van der Waals surface area contributed by atoms with E-state index in [-0.39, 0.29) is 13.3 Å². The number of rotatable bonds is 5. The molecule has 0 saturated heterocycles. The lowest BCUT2D eigenvalue weighted by molar-refractivity contribution is -0.114. The number of halogens is 1. The lowest BCUT2D eigenvalue weighted by Crippen LogP contribution is -2.37. The standard InChI is InChI=1S/C16H15IN2O5S/c1-25(21,22)19(13-5-2-11(17)3-6-13)9-16(20)18-12-4-7-14-15(8-12)24-10-23-14/h2-8H,9-10H2,1H3,(H,18,20). The van der Waals surface area contributed by atoms with Crippen molar-refractivity contribution in [2.75, 3.05) is 29.2 Å². The Labute approximate surface area is 159 Å². The Balaban J connectivity index is 1.75. The second kappa shape index (κ2) is 7.08. The number of anilines is 2. The van der Waals surface area contributed by atoms with Gasteiger partial charge in [0.25, 0.3) is 0 Å². The second-order valence-electron chi connectivity index (χ2n) is 5.36. The zero-order valence-electron chi connectivity index (χ0n) is 13.2. The third kappa shape index (κ3) is 4.34. The summed E-state index contributed by atoms with van der Waals surface area (Å²) in [7, 11) is -3.60. The number of nitrogens with one attached hydrogen (secondary N) is 1. The third-order valence-corrected chi connectivity index (χ3v) is 5.32. The van der Waals surface area contributed by atoms with Crippen LogP contribution >= 0.6 is 22.6 Å². The Hall–Kier alpha value is -2.01. The zero-order chi connectivity index (χ0) is 18.0. The number of hydrogen-bond acceptors (Lipinski definition) is 5. The van der Waals surface area contributed by atoms with Gasteiger partial charge in [0.15, 0.2) is 11.5 Å². The summed E-state index contributed by atoms with van der Waals surface area (Å²) in [6, 6.07) is 11.9. The molecule has 25 heavy (non-hydrogen) atoms. The Morgan fingerprint density at radius 1 is 1.16 bits per heavy atom. The first-order valence-corrected chi connectivity index (χ1v) is 10.2. The normalized spacial score (nSPS) is 12.7. The maximum absolute atomic E-state index is 12.3. The highest BCUT2D eigenvalue weighted by molar-refractivity contribution is 14.1. The van der Waals surface area contributed by atoms with Crippen molar-refractivity contribution in [1.29, 1.82) is 0 Å². The number of amides is 1. The largest absolute Gasteiger partial charge is 0.454 e. The fraction of sp³-hybridized carbons (Fsp3) is 0.188. The van der Waals surface area contributed by atoms with Crippen LogP contribution in [0.5, 0.6) is 11.5 Å². The van der Waals surface area contributed by atoms with E-state index in [2.05, 4.69) is 27.9 Å². The predicted molar refractivity (Wildman–Crippen MR) is 103 cm³/mol. The van der Waals surface area contributed by atoms with Gasteiger partial charge in [-0.25, -0.2) is 8.42 Å². The van der Waals surface area contributed by atoms with Crippen molar-refractivity contribution in [2.24, 2.45) is 0 Å². The molecule has 7 nitrogen and oxygen atoms in total. The van der Waals surface area contributed by atoms with Gasteiger partial charge in [-0.05, 0) is 59.0 Å². The van der Waals surface area contributed by atoms with Crippen molar-refractivity contribution < 1.29 is 22.7 Å². The van der Waals surface area contributed by atoms with Gasteiger partial charge < -0.3 is 14.8 Å². The number of carbonyl (C=O) groups excluding carboxylic acids is 1. The quantitative estimate of drug-likeness (QED) is 0.674. The molecule has 0 unspecified atom stereocenters. The maximum atomic E-state index is 12.3. The van der Waals surface area contributed by atoms with Gasteiger partial charge in [0.2, 0.25) is 22.7 Å². The minimum atomic E-state index is -3.60. The van der Waals surface area contributed by atoms with Crippen LogP contribution in [-0.4, -0.2) is 33.9 Å². The number of nitrogens with zero attached hydrogens (tertiary/aromatic N) is 1. The first-order chi connectivity index (χ1) is 11.8. The van der Waals surface area contributed by atoms with Crippen molar-refractivity contribution in [3.05, 3.63) is 46.0 Å². The topological polar surface area (TPSA) is 84.9 Å². The average molecular weight is 474 g/mol. The molecule has 0 spiro atoms. The lowest BCUT2D eigenvalue weighted by atomic mass is 10.2. The summed E-state index contributed by atoms with van der Waals surface area (Å²) in [6.45, 7) is -0.185. The summed E-state index contributed by atoms with van der Waals surface area (Å²) >= 11 is 2.13. The predicted octanol–water partition coefficient (Wildman–Crippen LogP) is 2.42. The summed E-state index contributed by atoms with van der Waals surface area (Å²) in [5.74, 6) is 0.688. The fourth-order valence-corrected chi connectivity index (χ4v) is 3.53. The van der Waals surface area contributed by atoms with Crippen molar-refractivity contribution in [2.45, 2.75) is 0 Å². The van der Waals surface area contributed by atoms with Crippen molar-refractivity contribution in [3.63, 3.8) is 0 Å². The Bertz CT molecular complexity index is 899. The van der Waals surface area contributed by atoms with E-state index in [0.717, 1.165) is 14.1 Å². The number of hydrogen-bond donors (Lipinski definition) is 1. The summed E-state index contributed by atoms with van der Waals surface area (Å²) in [6.07, 6.45) is 1.07. The van der Waals surface area contributed by atoms with Gasteiger partial charge in [0.1, 0.15) is 6.54 Å². The minimum Gasteiger partial charge on any atom is -0.454 e. The monoisotopic (exact) mass is 474 g/mol. The first-order valence-electron chi connectivity index (χ1n) is 7.26. The molecule has 1 amide bonds. The molecular formula is C16H15IN2O5S. The number of fused-ring (bicyclic) bond motifs is 1. The van der Waals surface area contributed by atoms with Crippen LogP contribution in [0.1, 0.15) is 0 Å². The van der Waals surface area contributed by atoms with E-state index in [1.165, 1.54) is 0 Å². The zero-order valence-corrected chi connectivity index (χ0v) is 16.2. The number of carbonyl (C=O) groups is 1. The van der Waals surface area contributed by atoms with E-state index in [1.54, 1.807) is 42.5 Å². The van der Waals surface area contributed by atoms with Gasteiger partial charge in [-0.3, -0.25) is 9.10 Å². The van der Waals surface area contributed by atoms with Crippen molar-refractivity contribution >= 4 is 49.9 Å². The highest BCUT2D eigenvalue weighted by Crippen LogP contribution is 2.34. The summed E-state index contributed by atoms with van der Waals surface area (Å²) < 4.78 is 36.6. The van der Waals surface area contributed by atoms with Gasteiger partial charge in [-0.15, -0.1) is 0 Å². The lowest BCUT2D eigenvalue weighted by Gasteiger charge is -2.22. The van der Waals surface area contributed by atoms with E-state index in [9.17, 15) is 13.2 Å². The summed E-state index contributed by atoms with van der Waals surface area (Å²) in [5, 5.41) is 2.67. The molecule has 132 valence electrons. The molecule has 1 heterocycles. The van der Waals surface area contributed by atoms with Crippen LogP contribution in [0.4, 0.5) is 11.4 Å². The van der Waals surface area contributed by atoms with E-state index in [0.29, 0.717) is 22.9 Å². The van der Waals surface area contributed by atoms with Gasteiger partial charge >= 0.3 is 0 Å². The second-order valence-corrected chi connectivity index (χ2v) is 8.51. The maximum Gasteiger partial charge on any atom is 0.245 e. The van der Waals surface area contributed by atoms with E-state index >= 15 is 0 Å². The smallest absolute Gasteiger partial charge is 0.245 e. The molecule has 0 aromatic heterocycles. The number of benzene rings is 2. The van der Waals surface area contributed by atoms with Crippen LogP contribution in [0.15, 0.2) is 42.5 Å². The van der Waals surface area contributed by atoms with Crippen molar-refractivity contribution in [1.82, 2.24) is 0 Å². The van der Waals surface area contributed by atoms with Crippen LogP contribution in [0.3, 0.4) is 0 Å². The van der Waals surface area contributed by atoms with Gasteiger partial charge in [0.05, 0.1) is 11.9 Å². The molecule has 2 aromatic carbocycles. The van der Waals surface area contributed by atoms with E-state index in [1.807, 2.05) is 0 Å². The first kappa shape index (κ1) is 17.8. The molecule has 2 aromatic rings. The molecule has 0 saturated carbocycles. The van der Waals surface area contributed by atoms with Gasteiger partial charge in [0, 0.05) is 15.3 Å². The Kier molecular flexibility index (Phi) is 5.04. The van der Waals surface area contributed by atoms with Crippen LogP contribution in [0, 0.1) is 3.57 Å². The van der Waals surface area contributed by atoms with E-state index < -0.39 is 15.9 Å². The molecular weight excluding hydrogens is 459 g/mol. The van der Waals surface area contributed by atoms with Crippen LogP contribution in [-0.2, 0) is 14.8 Å². The van der Waals surface area contributed by atoms with Crippen LogP contribution in [0.25, 0.3) is 0 Å². The van der Waals surface area contributed by atoms with Gasteiger partial charge in [-0.1, -0.05) is 0 Å². The summed E-state index contributed by atoms with van der Waals surface area (Å²) in [4.78, 5) is 12.3. The summed E-state index contributed by atoms with van der Waals surface area (Å²) in [5.41, 5.74) is 0.939.